The van der Waals surface area contributed by atoms with Crippen molar-refractivity contribution in [1.82, 2.24) is 0 Å². The van der Waals surface area contributed by atoms with Gasteiger partial charge >= 0.3 is 0 Å². The third-order valence-electron chi connectivity index (χ3n) is 2.85. The van der Waals surface area contributed by atoms with Gasteiger partial charge in [0.15, 0.2) is 12.0 Å². The van der Waals surface area contributed by atoms with Gasteiger partial charge in [0.2, 0.25) is 5.91 Å². The van der Waals surface area contributed by atoms with Crippen LogP contribution in [0.25, 0.3) is 0 Å². The molecule has 1 aliphatic heterocycles. The molecule has 0 aromatic rings. The highest BCUT2D eigenvalue weighted by Crippen LogP contribution is 2.17. The number of primary amides is 2. The molecule has 1 rings (SSSR count). The normalized spacial score (nSPS) is 20.0. The Morgan fingerprint density at radius 1 is 1.26 bits per heavy atom. The summed E-state index contributed by atoms with van der Waals surface area (Å²) in [5.74, 6) is -0.763. The van der Waals surface area contributed by atoms with E-state index in [4.69, 9.17) is 20.9 Å². The van der Waals surface area contributed by atoms with Crippen LogP contribution < -0.4 is 11.5 Å². The van der Waals surface area contributed by atoms with Crippen molar-refractivity contribution in [3.63, 3.8) is 0 Å². The number of rotatable bonds is 8. The fraction of sp³-hybridized carbons (Fsp3) is 0.692. The molecule has 6 nitrogen and oxygen atoms in total. The molecule has 1 fully saturated rings. The topological polar surface area (TPSA) is 105 Å². The van der Waals surface area contributed by atoms with E-state index in [0.717, 1.165) is 25.7 Å². The molecule has 0 aromatic heterocycles. The lowest BCUT2D eigenvalue weighted by Crippen LogP contribution is -2.26. The highest BCUT2D eigenvalue weighted by Gasteiger charge is 2.18. The minimum Gasteiger partial charge on any atom is -0.460 e. The quantitative estimate of drug-likeness (QED) is 0.389. The Kier molecular flexibility index (Phi) is 6.95. The number of nitrogens with two attached hydrogens (primary N) is 2. The smallest absolute Gasteiger partial charge is 0.283 e. The molecule has 1 unspecified atom stereocenters. The van der Waals surface area contributed by atoms with Crippen LogP contribution in [-0.4, -0.2) is 24.7 Å². The van der Waals surface area contributed by atoms with Gasteiger partial charge in [0.05, 0.1) is 6.61 Å². The number of amides is 2. The molecular formula is C13H22N2O4. The molecule has 2 amide bonds. The van der Waals surface area contributed by atoms with Crippen molar-refractivity contribution in [3.8, 4) is 0 Å². The van der Waals surface area contributed by atoms with Crippen LogP contribution in [0, 0.1) is 0 Å². The van der Waals surface area contributed by atoms with Crippen molar-refractivity contribution in [2.24, 2.45) is 11.5 Å². The summed E-state index contributed by atoms with van der Waals surface area (Å²) in [4.78, 5) is 21.8. The Morgan fingerprint density at radius 2 is 2.05 bits per heavy atom. The average molecular weight is 270 g/mol. The van der Waals surface area contributed by atoms with Crippen LogP contribution in [0.15, 0.2) is 11.8 Å². The van der Waals surface area contributed by atoms with E-state index in [9.17, 15) is 9.59 Å². The monoisotopic (exact) mass is 270 g/mol. The van der Waals surface area contributed by atoms with Gasteiger partial charge in [-0.2, -0.15) is 0 Å². The first-order valence-corrected chi connectivity index (χ1v) is 6.66. The molecule has 1 atom stereocenters. The molecule has 1 aliphatic rings. The molecule has 108 valence electrons. The lowest BCUT2D eigenvalue weighted by molar-refractivity contribution is -0.149. The van der Waals surface area contributed by atoms with E-state index in [0.29, 0.717) is 25.9 Å². The van der Waals surface area contributed by atoms with Crippen molar-refractivity contribution in [2.75, 3.05) is 6.61 Å². The second-order valence-corrected chi connectivity index (χ2v) is 4.56. The van der Waals surface area contributed by atoms with Crippen molar-refractivity contribution >= 4 is 11.8 Å². The van der Waals surface area contributed by atoms with E-state index in [-0.39, 0.29) is 18.0 Å². The summed E-state index contributed by atoms with van der Waals surface area (Å²) in [5, 5.41) is 0. The van der Waals surface area contributed by atoms with Gasteiger partial charge in [-0.1, -0.05) is 0 Å². The minimum absolute atomic E-state index is 0.144. The molecule has 1 heterocycles. The predicted molar refractivity (Wildman–Crippen MR) is 69.6 cm³/mol. The Balaban J connectivity index is 2.33. The maximum Gasteiger partial charge on any atom is 0.283 e. The summed E-state index contributed by atoms with van der Waals surface area (Å²) in [5.41, 5.74) is 10.3. The molecule has 0 radical (unpaired) electrons. The van der Waals surface area contributed by atoms with E-state index >= 15 is 0 Å². The lowest BCUT2D eigenvalue weighted by atomic mass is 10.1. The lowest BCUT2D eigenvalue weighted by Gasteiger charge is -2.23. The molecule has 0 aliphatic carbocycles. The summed E-state index contributed by atoms with van der Waals surface area (Å²) in [6.45, 7) is 0.648. The van der Waals surface area contributed by atoms with Gasteiger partial charge in [-0.3, -0.25) is 9.59 Å². The number of hydrogen-bond donors (Lipinski definition) is 2. The maximum absolute atomic E-state index is 11.2. The van der Waals surface area contributed by atoms with E-state index < -0.39 is 5.91 Å². The fourth-order valence-corrected chi connectivity index (χ4v) is 1.83. The third kappa shape index (κ3) is 6.81. The SMILES string of the molecule is NC(=O)CCCCC=C(OC1CCCCO1)C(N)=O. The standard InChI is InChI=1S/C13H22N2O4/c14-11(16)7-3-1-2-6-10(13(15)17)19-12-8-4-5-9-18-12/h6,12H,1-5,7-9H2,(H2,14,16)(H2,15,17). The number of carbonyl (C=O) groups is 2. The second kappa shape index (κ2) is 8.53. The van der Waals surface area contributed by atoms with Crippen LogP contribution in [0.2, 0.25) is 0 Å². The highest BCUT2D eigenvalue weighted by molar-refractivity contribution is 5.89. The predicted octanol–water partition coefficient (Wildman–Crippen LogP) is 0.944. The Hall–Kier alpha value is -1.56. The van der Waals surface area contributed by atoms with Crippen molar-refractivity contribution in [2.45, 2.75) is 51.2 Å². The molecule has 6 heteroatoms. The molecule has 4 N–H and O–H groups in total. The summed E-state index contributed by atoms with van der Waals surface area (Å²) in [6.07, 6.45) is 6.51. The van der Waals surface area contributed by atoms with E-state index in [1.807, 2.05) is 0 Å². The zero-order valence-corrected chi connectivity index (χ0v) is 11.1. The van der Waals surface area contributed by atoms with Crippen LogP contribution in [-0.2, 0) is 19.1 Å². The molecule has 0 aromatic carbocycles. The Bertz CT molecular complexity index is 336. The highest BCUT2D eigenvalue weighted by atomic mass is 16.7. The number of unbranched alkanes of at least 4 members (excludes halogenated alkanes) is 2. The van der Waals surface area contributed by atoms with Gasteiger partial charge in [0.1, 0.15) is 0 Å². The molecule has 0 bridgehead atoms. The number of hydrogen-bond acceptors (Lipinski definition) is 4. The van der Waals surface area contributed by atoms with Gasteiger partial charge in [0, 0.05) is 12.8 Å². The summed E-state index contributed by atoms with van der Waals surface area (Å²) in [6, 6.07) is 0. The first-order valence-electron chi connectivity index (χ1n) is 6.66. The number of allylic oxidation sites excluding steroid dienone is 1. The Labute approximate surface area is 113 Å². The van der Waals surface area contributed by atoms with Crippen LogP contribution in [0.5, 0.6) is 0 Å². The largest absolute Gasteiger partial charge is 0.460 e. The van der Waals surface area contributed by atoms with Crippen molar-refractivity contribution in [1.29, 1.82) is 0 Å². The zero-order valence-electron chi connectivity index (χ0n) is 11.1. The van der Waals surface area contributed by atoms with Gasteiger partial charge in [0.25, 0.3) is 5.91 Å². The van der Waals surface area contributed by atoms with Crippen LogP contribution >= 0.6 is 0 Å². The second-order valence-electron chi connectivity index (χ2n) is 4.56. The minimum atomic E-state index is -0.593. The molecule has 1 saturated heterocycles. The van der Waals surface area contributed by atoms with E-state index in [1.165, 1.54) is 0 Å². The molecule has 0 saturated carbocycles. The molecule has 19 heavy (non-hydrogen) atoms. The maximum atomic E-state index is 11.2. The van der Waals surface area contributed by atoms with Crippen LogP contribution in [0.4, 0.5) is 0 Å². The number of ether oxygens (including phenoxy) is 2. The van der Waals surface area contributed by atoms with Gasteiger partial charge in [-0.05, 0) is 38.2 Å². The van der Waals surface area contributed by atoms with Crippen LogP contribution in [0.1, 0.15) is 44.9 Å². The van der Waals surface area contributed by atoms with Gasteiger partial charge < -0.3 is 20.9 Å². The average Bonchev–Trinajstić information content (AvgIpc) is 2.37. The summed E-state index contributed by atoms with van der Waals surface area (Å²) in [7, 11) is 0. The van der Waals surface area contributed by atoms with E-state index in [2.05, 4.69) is 0 Å². The fourth-order valence-electron chi connectivity index (χ4n) is 1.83. The van der Waals surface area contributed by atoms with Gasteiger partial charge in [-0.25, -0.2) is 0 Å². The Morgan fingerprint density at radius 3 is 2.63 bits per heavy atom. The zero-order chi connectivity index (χ0) is 14.1. The van der Waals surface area contributed by atoms with Crippen molar-refractivity contribution < 1.29 is 19.1 Å². The molecule has 0 spiro atoms. The third-order valence-corrected chi connectivity index (χ3v) is 2.85. The van der Waals surface area contributed by atoms with E-state index in [1.54, 1.807) is 6.08 Å². The van der Waals surface area contributed by atoms with Crippen LogP contribution in [0.3, 0.4) is 0 Å². The summed E-state index contributed by atoms with van der Waals surface area (Å²) >= 11 is 0. The first-order chi connectivity index (χ1) is 9.09. The van der Waals surface area contributed by atoms with Gasteiger partial charge in [-0.15, -0.1) is 0 Å². The first kappa shape index (κ1) is 15.5. The molecular weight excluding hydrogens is 248 g/mol. The summed E-state index contributed by atoms with van der Waals surface area (Å²) < 4.78 is 10.8. The number of carbonyl (C=O) groups excluding carboxylic acids is 2. The van der Waals surface area contributed by atoms with Crippen molar-refractivity contribution in [3.05, 3.63) is 11.8 Å².